The van der Waals surface area contributed by atoms with Crippen LogP contribution in [-0.4, -0.2) is 24.2 Å². The van der Waals surface area contributed by atoms with Gasteiger partial charge in [-0.25, -0.2) is 5.84 Å². The average molecular weight is 274 g/mol. The lowest BCUT2D eigenvalue weighted by molar-refractivity contribution is -0.139. The lowest BCUT2D eigenvalue weighted by Crippen LogP contribution is -2.29. The third-order valence-corrected chi connectivity index (χ3v) is 4.01. The Bertz CT molecular complexity index is 393. The van der Waals surface area contributed by atoms with Crippen molar-refractivity contribution in [3.63, 3.8) is 0 Å². The average Bonchev–Trinajstić information content (AvgIpc) is 2.77. The number of hydrazine groups is 1. The third kappa shape index (κ3) is 4.76. The summed E-state index contributed by atoms with van der Waals surface area (Å²) in [6.45, 7) is 2.18. The SMILES string of the molecule is CCOC(=O)CSCc1ccc(C(=O)NN)s1. The molecule has 0 spiro atoms. The maximum absolute atomic E-state index is 11.2. The second-order valence-corrected chi connectivity index (χ2v) is 5.19. The van der Waals surface area contributed by atoms with Crippen molar-refractivity contribution in [2.45, 2.75) is 12.7 Å². The number of thiophene rings is 1. The van der Waals surface area contributed by atoms with Crippen LogP contribution in [0.1, 0.15) is 21.5 Å². The van der Waals surface area contributed by atoms with Gasteiger partial charge in [0.25, 0.3) is 5.91 Å². The second-order valence-electron chi connectivity index (χ2n) is 3.04. The summed E-state index contributed by atoms with van der Waals surface area (Å²) in [5.41, 5.74) is 2.08. The van der Waals surface area contributed by atoms with E-state index in [0.29, 0.717) is 23.0 Å². The van der Waals surface area contributed by atoms with Gasteiger partial charge < -0.3 is 4.74 Å². The van der Waals surface area contributed by atoms with E-state index >= 15 is 0 Å². The fourth-order valence-corrected chi connectivity index (χ4v) is 2.93. The minimum absolute atomic E-state index is 0.214. The molecule has 17 heavy (non-hydrogen) atoms. The topological polar surface area (TPSA) is 81.4 Å². The summed E-state index contributed by atoms with van der Waals surface area (Å²) in [7, 11) is 0. The number of carbonyl (C=O) groups excluding carboxylic acids is 2. The lowest BCUT2D eigenvalue weighted by atomic mass is 10.4. The fraction of sp³-hybridized carbons (Fsp3) is 0.400. The van der Waals surface area contributed by atoms with Crippen molar-refractivity contribution < 1.29 is 14.3 Å². The maximum Gasteiger partial charge on any atom is 0.315 e. The molecule has 1 heterocycles. The number of rotatable bonds is 6. The van der Waals surface area contributed by atoms with E-state index in [1.54, 1.807) is 13.0 Å². The van der Waals surface area contributed by atoms with Gasteiger partial charge in [0.15, 0.2) is 0 Å². The van der Waals surface area contributed by atoms with E-state index in [4.69, 9.17) is 10.6 Å². The summed E-state index contributed by atoms with van der Waals surface area (Å²) in [6.07, 6.45) is 0. The first-order valence-electron chi connectivity index (χ1n) is 5.00. The molecule has 94 valence electrons. The molecule has 0 aliphatic carbocycles. The van der Waals surface area contributed by atoms with E-state index in [0.717, 1.165) is 4.88 Å². The standard InChI is InChI=1S/C10H14N2O3S2/c1-2-15-9(13)6-16-5-7-3-4-8(17-7)10(14)12-11/h3-4H,2,5-6,11H2,1H3,(H,12,14). The van der Waals surface area contributed by atoms with Crippen molar-refractivity contribution in [1.29, 1.82) is 0 Å². The zero-order valence-electron chi connectivity index (χ0n) is 9.39. The van der Waals surface area contributed by atoms with Crippen molar-refractivity contribution >= 4 is 35.0 Å². The van der Waals surface area contributed by atoms with Gasteiger partial charge in [-0.05, 0) is 19.1 Å². The Hall–Kier alpha value is -1.05. The number of ether oxygens (including phenoxy) is 1. The summed E-state index contributed by atoms with van der Waals surface area (Å²) < 4.78 is 4.80. The van der Waals surface area contributed by atoms with Crippen LogP contribution in [0, 0.1) is 0 Å². The van der Waals surface area contributed by atoms with Gasteiger partial charge in [-0.2, -0.15) is 0 Å². The number of amides is 1. The molecule has 1 aromatic heterocycles. The number of carbonyl (C=O) groups is 2. The molecule has 1 aromatic rings. The van der Waals surface area contributed by atoms with E-state index in [1.807, 2.05) is 6.07 Å². The number of nitrogens with one attached hydrogen (secondary N) is 1. The van der Waals surface area contributed by atoms with Gasteiger partial charge in [0.2, 0.25) is 0 Å². The Kier molecular flexibility index (Phi) is 6.03. The molecule has 0 fully saturated rings. The molecule has 7 heteroatoms. The van der Waals surface area contributed by atoms with Gasteiger partial charge in [-0.1, -0.05) is 0 Å². The number of nitrogen functional groups attached to an aromatic ring is 1. The summed E-state index contributed by atoms with van der Waals surface area (Å²) in [5, 5.41) is 0. The first-order valence-corrected chi connectivity index (χ1v) is 6.97. The molecule has 1 amide bonds. The number of esters is 1. The van der Waals surface area contributed by atoms with Crippen LogP contribution < -0.4 is 11.3 Å². The molecule has 0 atom stereocenters. The molecule has 0 saturated heterocycles. The zero-order chi connectivity index (χ0) is 12.7. The summed E-state index contributed by atoms with van der Waals surface area (Å²) in [6, 6.07) is 3.57. The van der Waals surface area contributed by atoms with Gasteiger partial charge in [-0.15, -0.1) is 23.1 Å². The molecule has 1 rings (SSSR count). The number of hydrogen-bond donors (Lipinski definition) is 2. The van der Waals surface area contributed by atoms with E-state index in [-0.39, 0.29) is 11.9 Å². The van der Waals surface area contributed by atoms with E-state index in [1.165, 1.54) is 23.1 Å². The Morgan fingerprint density at radius 3 is 2.94 bits per heavy atom. The Morgan fingerprint density at radius 1 is 1.53 bits per heavy atom. The number of hydrogen-bond acceptors (Lipinski definition) is 6. The molecule has 0 bridgehead atoms. The molecule has 5 nitrogen and oxygen atoms in total. The first kappa shape index (κ1) is 14.0. The van der Waals surface area contributed by atoms with Crippen LogP contribution in [0.5, 0.6) is 0 Å². The van der Waals surface area contributed by atoms with Crippen molar-refractivity contribution in [2.75, 3.05) is 12.4 Å². The molecule has 0 unspecified atom stereocenters. The largest absolute Gasteiger partial charge is 0.465 e. The zero-order valence-corrected chi connectivity index (χ0v) is 11.0. The van der Waals surface area contributed by atoms with E-state index in [9.17, 15) is 9.59 Å². The van der Waals surface area contributed by atoms with Gasteiger partial charge >= 0.3 is 5.97 Å². The van der Waals surface area contributed by atoms with Crippen molar-refractivity contribution in [3.8, 4) is 0 Å². The highest BCUT2D eigenvalue weighted by Crippen LogP contribution is 2.21. The van der Waals surface area contributed by atoms with Crippen LogP contribution >= 0.6 is 23.1 Å². The monoisotopic (exact) mass is 274 g/mol. The first-order chi connectivity index (χ1) is 8.17. The van der Waals surface area contributed by atoms with Crippen LogP contribution in [0.3, 0.4) is 0 Å². The van der Waals surface area contributed by atoms with Crippen molar-refractivity contribution in [2.24, 2.45) is 5.84 Å². The van der Waals surface area contributed by atoms with Crippen molar-refractivity contribution in [3.05, 3.63) is 21.9 Å². The Balaban J connectivity index is 2.35. The minimum atomic E-state index is -0.295. The number of nitrogens with two attached hydrogens (primary N) is 1. The highest BCUT2D eigenvalue weighted by atomic mass is 32.2. The van der Waals surface area contributed by atoms with Gasteiger partial charge in [-0.3, -0.25) is 15.0 Å². The maximum atomic E-state index is 11.2. The van der Waals surface area contributed by atoms with E-state index in [2.05, 4.69) is 5.43 Å². The summed E-state index contributed by atoms with van der Waals surface area (Å²) >= 11 is 2.83. The van der Waals surface area contributed by atoms with Crippen LogP contribution in [0.2, 0.25) is 0 Å². The molecule has 0 aliphatic heterocycles. The summed E-state index contributed by atoms with van der Waals surface area (Å²) in [5.74, 6) is 5.52. The van der Waals surface area contributed by atoms with Crippen LogP contribution in [0.15, 0.2) is 12.1 Å². The molecular weight excluding hydrogens is 260 g/mol. The van der Waals surface area contributed by atoms with E-state index < -0.39 is 0 Å². The van der Waals surface area contributed by atoms with Gasteiger partial charge in [0, 0.05) is 10.6 Å². The predicted molar refractivity (Wildman–Crippen MR) is 68.8 cm³/mol. The molecular formula is C10H14N2O3S2. The van der Waals surface area contributed by atoms with Crippen molar-refractivity contribution in [1.82, 2.24) is 5.43 Å². The Morgan fingerprint density at radius 2 is 2.29 bits per heavy atom. The second kappa shape index (κ2) is 7.31. The fourth-order valence-electron chi connectivity index (χ4n) is 1.09. The highest BCUT2D eigenvalue weighted by molar-refractivity contribution is 7.99. The predicted octanol–water partition coefficient (Wildman–Crippen LogP) is 1.15. The normalized spacial score (nSPS) is 10.0. The quantitative estimate of drug-likeness (QED) is 0.352. The summed E-state index contributed by atoms with van der Waals surface area (Å²) in [4.78, 5) is 23.9. The van der Waals surface area contributed by atoms with Gasteiger partial charge in [0.1, 0.15) is 0 Å². The molecule has 3 N–H and O–H groups in total. The molecule has 0 saturated carbocycles. The number of thioether (sulfide) groups is 1. The smallest absolute Gasteiger partial charge is 0.315 e. The lowest BCUT2D eigenvalue weighted by Gasteiger charge is -2.00. The third-order valence-electron chi connectivity index (χ3n) is 1.79. The molecule has 0 radical (unpaired) electrons. The highest BCUT2D eigenvalue weighted by Gasteiger charge is 2.08. The van der Waals surface area contributed by atoms with Crippen LogP contribution in [-0.2, 0) is 15.3 Å². The van der Waals surface area contributed by atoms with Crippen LogP contribution in [0.4, 0.5) is 0 Å². The van der Waals surface area contributed by atoms with Crippen LogP contribution in [0.25, 0.3) is 0 Å². The molecule has 0 aliphatic rings. The molecule has 0 aromatic carbocycles. The Labute approximate surface area is 108 Å². The minimum Gasteiger partial charge on any atom is -0.465 e. The van der Waals surface area contributed by atoms with Gasteiger partial charge in [0.05, 0.1) is 17.2 Å².